The minimum absolute atomic E-state index is 0.140. The average molecular weight is 436 g/mol. The third-order valence-corrected chi connectivity index (χ3v) is 8.53. The van der Waals surface area contributed by atoms with Crippen LogP contribution in [0, 0.1) is 23.7 Å². The molecule has 6 aliphatic rings. The highest BCUT2D eigenvalue weighted by Gasteiger charge is 2.63. The molecule has 0 aromatic heterocycles. The zero-order chi connectivity index (χ0) is 21.7. The molecule has 0 N–H and O–H groups in total. The molecule has 0 aliphatic carbocycles. The van der Waals surface area contributed by atoms with Crippen LogP contribution in [0.3, 0.4) is 0 Å². The number of likely N-dealkylation sites (tertiary alicyclic amines) is 2. The minimum atomic E-state index is -0.356. The van der Waals surface area contributed by atoms with Crippen molar-refractivity contribution < 1.29 is 28.7 Å². The van der Waals surface area contributed by atoms with Gasteiger partial charge in [-0.2, -0.15) is 0 Å². The van der Waals surface area contributed by atoms with Crippen LogP contribution >= 0.6 is 0 Å². The predicted molar refractivity (Wildman–Crippen MR) is 107 cm³/mol. The molecule has 6 aliphatic heterocycles. The Morgan fingerprint density at radius 3 is 1.22 bits per heavy atom. The molecule has 166 valence electrons. The molecule has 4 bridgehead atoms. The predicted octanol–water partition coefficient (Wildman–Crippen LogP) is 1.01. The van der Waals surface area contributed by atoms with Crippen LogP contribution in [0.1, 0.15) is 36.8 Å². The standard InChI is InChI=1S/C24H24N2O6/c27-21-17-13-5-6-14(31-13)18(17)22(28)25(21)9-11-3-1-2-4-12(11)10-26-23(29)19-15-7-8-16(32-15)20(19)24(26)30/h1-4,13-20H,5-10H2/t13-,14-,15-,16-,17-,18+,19-,20+/m0/s1. The number of amides is 4. The largest absolute Gasteiger partial charge is 0.373 e. The second-order valence-electron chi connectivity index (χ2n) is 9.98. The highest BCUT2D eigenvalue weighted by molar-refractivity contribution is 6.07. The third kappa shape index (κ3) is 2.34. The van der Waals surface area contributed by atoms with Gasteiger partial charge >= 0.3 is 0 Å². The summed E-state index contributed by atoms with van der Waals surface area (Å²) in [4.78, 5) is 54.9. The summed E-state index contributed by atoms with van der Waals surface area (Å²) in [7, 11) is 0. The first kappa shape index (κ1) is 18.9. The molecule has 32 heavy (non-hydrogen) atoms. The molecule has 0 spiro atoms. The van der Waals surface area contributed by atoms with Crippen molar-refractivity contribution in [1.82, 2.24) is 9.80 Å². The van der Waals surface area contributed by atoms with Crippen molar-refractivity contribution in [3.63, 3.8) is 0 Å². The van der Waals surface area contributed by atoms with E-state index in [1.807, 2.05) is 24.3 Å². The van der Waals surface area contributed by atoms with Crippen molar-refractivity contribution >= 4 is 23.6 Å². The van der Waals surface area contributed by atoms with Crippen molar-refractivity contribution in [3.8, 4) is 0 Å². The van der Waals surface area contributed by atoms with Gasteiger partial charge in [0.25, 0.3) is 0 Å². The van der Waals surface area contributed by atoms with E-state index < -0.39 is 0 Å². The Morgan fingerprint density at radius 1 is 0.594 bits per heavy atom. The van der Waals surface area contributed by atoms with E-state index in [0.717, 1.165) is 36.8 Å². The van der Waals surface area contributed by atoms with Crippen LogP contribution in [-0.2, 0) is 41.7 Å². The molecule has 6 fully saturated rings. The van der Waals surface area contributed by atoms with E-state index in [4.69, 9.17) is 9.47 Å². The SMILES string of the molecule is O=C1[C@@H]2[C@H](C(=O)N1Cc1ccccc1CN1C(=O)[C@@H]3[C@H](C1=O)[C@@H]1CC[C@@H]3O1)[C@@H]1CC[C@@H]2O1. The molecular formula is C24H24N2O6. The Hall–Kier alpha value is -2.58. The number of benzene rings is 1. The molecule has 4 amide bonds. The van der Waals surface area contributed by atoms with Crippen molar-refractivity contribution in [3.05, 3.63) is 35.4 Å². The van der Waals surface area contributed by atoms with Crippen molar-refractivity contribution in [2.75, 3.05) is 0 Å². The number of carbonyl (C=O) groups excluding carboxylic acids is 4. The average Bonchev–Trinajstić information content (AvgIpc) is 3.62. The van der Waals surface area contributed by atoms with Crippen LogP contribution in [0.4, 0.5) is 0 Å². The molecule has 0 saturated carbocycles. The van der Waals surface area contributed by atoms with E-state index in [1.54, 1.807) is 0 Å². The van der Waals surface area contributed by atoms with Gasteiger partial charge in [0, 0.05) is 0 Å². The summed E-state index contributed by atoms with van der Waals surface area (Å²) in [6, 6.07) is 7.45. The highest BCUT2D eigenvalue weighted by atomic mass is 16.5. The molecule has 8 atom stereocenters. The monoisotopic (exact) mass is 436 g/mol. The molecule has 8 nitrogen and oxygen atoms in total. The number of rotatable bonds is 4. The number of ether oxygens (including phenoxy) is 2. The molecule has 1 aromatic carbocycles. The van der Waals surface area contributed by atoms with Crippen LogP contribution in [-0.4, -0.2) is 57.8 Å². The second-order valence-corrected chi connectivity index (χ2v) is 9.98. The zero-order valence-electron chi connectivity index (χ0n) is 17.5. The topological polar surface area (TPSA) is 93.2 Å². The lowest BCUT2D eigenvalue weighted by atomic mass is 9.81. The molecular weight excluding hydrogens is 412 g/mol. The highest BCUT2D eigenvalue weighted by Crippen LogP contribution is 2.50. The van der Waals surface area contributed by atoms with E-state index in [9.17, 15) is 19.2 Å². The first-order valence-corrected chi connectivity index (χ1v) is 11.6. The zero-order valence-corrected chi connectivity index (χ0v) is 17.5. The Morgan fingerprint density at radius 2 is 0.906 bits per heavy atom. The van der Waals surface area contributed by atoms with Gasteiger partial charge in [0.05, 0.1) is 61.2 Å². The summed E-state index contributed by atoms with van der Waals surface area (Å²) < 4.78 is 11.6. The van der Waals surface area contributed by atoms with Crippen LogP contribution in [0.15, 0.2) is 24.3 Å². The van der Waals surface area contributed by atoms with E-state index in [1.165, 1.54) is 9.80 Å². The van der Waals surface area contributed by atoms with Gasteiger partial charge in [0.15, 0.2) is 0 Å². The van der Waals surface area contributed by atoms with E-state index in [0.29, 0.717) is 0 Å². The van der Waals surface area contributed by atoms with E-state index >= 15 is 0 Å². The number of fused-ring (bicyclic) bond motifs is 10. The summed E-state index contributed by atoms with van der Waals surface area (Å²) in [5, 5.41) is 0. The fourth-order valence-corrected chi connectivity index (χ4v) is 7.07. The molecule has 8 heteroatoms. The third-order valence-electron chi connectivity index (χ3n) is 8.53. The molecule has 6 heterocycles. The fourth-order valence-electron chi connectivity index (χ4n) is 7.07. The number of imide groups is 2. The second kappa shape index (κ2) is 6.48. The molecule has 1 aromatic rings. The fraction of sp³-hybridized carbons (Fsp3) is 0.583. The van der Waals surface area contributed by atoms with Gasteiger partial charge in [0.2, 0.25) is 23.6 Å². The van der Waals surface area contributed by atoms with Crippen LogP contribution < -0.4 is 0 Å². The smallest absolute Gasteiger partial charge is 0.236 e. The molecule has 6 saturated heterocycles. The number of carbonyl (C=O) groups is 4. The Balaban J connectivity index is 1.14. The van der Waals surface area contributed by atoms with Crippen LogP contribution in [0.2, 0.25) is 0 Å². The molecule has 0 unspecified atom stereocenters. The maximum Gasteiger partial charge on any atom is 0.236 e. The van der Waals surface area contributed by atoms with Crippen molar-refractivity contribution in [2.45, 2.75) is 63.2 Å². The van der Waals surface area contributed by atoms with Crippen LogP contribution in [0.25, 0.3) is 0 Å². The van der Waals surface area contributed by atoms with Gasteiger partial charge in [-0.25, -0.2) is 0 Å². The van der Waals surface area contributed by atoms with Gasteiger partial charge < -0.3 is 9.47 Å². The summed E-state index contributed by atoms with van der Waals surface area (Å²) in [5.74, 6) is -2.04. The van der Waals surface area contributed by atoms with Gasteiger partial charge in [-0.15, -0.1) is 0 Å². The van der Waals surface area contributed by atoms with Gasteiger partial charge in [-0.3, -0.25) is 29.0 Å². The van der Waals surface area contributed by atoms with Crippen molar-refractivity contribution in [1.29, 1.82) is 0 Å². The molecule has 0 radical (unpaired) electrons. The normalized spacial score (nSPS) is 41.4. The number of hydrogen-bond donors (Lipinski definition) is 0. The lowest BCUT2D eigenvalue weighted by molar-refractivity contribution is -0.145. The quantitative estimate of drug-likeness (QED) is 0.654. The first-order chi connectivity index (χ1) is 15.5. The Kier molecular flexibility index (Phi) is 3.84. The number of nitrogens with zero attached hydrogens (tertiary/aromatic N) is 2. The number of hydrogen-bond acceptors (Lipinski definition) is 6. The van der Waals surface area contributed by atoms with Gasteiger partial charge in [-0.1, -0.05) is 24.3 Å². The maximum atomic E-state index is 13.1. The van der Waals surface area contributed by atoms with Crippen molar-refractivity contribution in [2.24, 2.45) is 23.7 Å². The lowest BCUT2D eigenvalue weighted by Gasteiger charge is -2.22. The van der Waals surface area contributed by atoms with Gasteiger partial charge in [0.1, 0.15) is 0 Å². The first-order valence-electron chi connectivity index (χ1n) is 11.6. The minimum Gasteiger partial charge on any atom is -0.373 e. The summed E-state index contributed by atoms with van der Waals surface area (Å²) >= 11 is 0. The van der Waals surface area contributed by atoms with E-state index in [-0.39, 0.29) is 84.8 Å². The maximum absolute atomic E-state index is 13.1. The lowest BCUT2D eigenvalue weighted by Crippen LogP contribution is -2.36. The Labute approximate surface area is 184 Å². The molecule has 7 rings (SSSR count). The van der Waals surface area contributed by atoms with Gasteiger partial charge in [-0.05, 0) is 36.8 Å². The summed E-state index contributed by atoms with van der Waals surface area (Å²) in [6.07, 6.45) is 2.78. The van der Waals surface area contributed by atoms with Crippen LogP contribution in [0.5, 0.6) is 0 Å². The Bertz CT molecular complexity index is 931. The summed E-state index contributed by atoms with van der Waals surface area (Å²) in [6.45, 7) is 0.329. The van der Waals surface area contributed by atoms with E-state index in [2.05, 4.69) is 0 Å². The summed E-state index contributed by atoms with van der Waals surface area (Å²) in [5.41, 5.74) is 1.58.